The summed E-state index contributed by atoms with van der Waals surface area (Å²) in [5.74, 6) is -2.82. The summed E-state index contributed by atoms with van der Waals surface area (Å²) in [5, 5.41) is 0. The molecule has 0 heterocycles. The van der Waals surface area contributed by atoms with Crippen LogP contribution < -0.4 is 4.74 Å². The average molecular weight is 355 g/mol. The number of methoxy groups -OCH3 is 1. The van der Waals surface area contributed by atoms with Crippen LogP contribution in [-0.2, 0) is 15.7 Å². The van der Waals surface area contributed by atoms with E-state index < -0.39 is 34.8 Å². The van der Waals surface area contributed by atoms with Crippen LogP contribution in [0.25, 0.3) is 0 Å². The van der Waals surface area contributed by atoms with Gasteiger partial charge in [-0.3, -0.25) is 4.79 Å². The van der Waals surface area contributed by atoms with Gasteiger partial charge in [0, 0.05) is 5.56 Å². The number of carbonyl (C=O) groups is 2. The maximum absolute atomic E-state index is 12.9. The second-order valence-electron chi connectivity index (χ2n) is 3.59. The third kappa shape index (κ3) is 3.50. The second-order valence-corrected chi connectivity index (χ2v) is 4.44. The lowest BCUT2D eigenvalue weighted by Gasteiger charge is -2.14. The number of hydrogen-bond acceptors (Lipinski definition) is 4. The zero-order valence-electron chi connectivity index (χ0n) is 10.5. The van der Waals surface area contributed by atoms with Gasteiger partial charge in [-0.15, -0.1) is 0 Å². The van der Waals surface area contributed by atoms with Crippen LogP contribution in [0, 0.1) is 0 Å². The van der Waals surface area contributed by atoms with Crippen molar-refractivity contribution in [1.82, 2.24) is 0 Å². The molecule has 0 radical (unpaired) electrons. The van der Waals surface area contributed by atoms with Crippen LogP contribution in [-0.4, -0.2) is 25.5 Å². The molecule has 0 bridgehead atoms. The first-order chi connectivity index (χ1) is 9.22. The number of esters is 1. The topological polar surface area (TPSA) is 52.6 Å². The lowest BCUT2D eigenvalue weighted by molar-refractivity contribution is -0.139. The minimum absolute atomic E-state index is 0.0476. The van der Waals surface area contributed by atoms with Gasteiger partial charge in [0.05, 0.1) is 23.8 Å². The van der Waals surface area contributed by atoms with Crippen LogP contribution in [0.3, 0.4) is 0 Å². The van der Waals surface area contributed by atoms with E-state index in [1.165, 1.54) is 6.92 Å². The summed E-state index contributed by atoms with van der Waals surface area (Å²) in [6.45, 7) is 1.43. The van der Waals surface area contributed by atoms with Gasteiger partial charge in [0.25, 0.3) is 5.78 Å². The molecule has 4 nitrogen and oxygen atoms in total. The first-order valence-electron chi connectivity index (χ1n) is 5.38. The molecule has 0 atom stereocenters. The minimum Gasteiger partial charge on any atom is -0.495 e. The molecule has 1 rings (SSSR count). The van der Waals surface area contributed by atoms with Gasteiger partial charge in [-0.1, -0.05) is 0 Å². The smallest absolute Gasteiger partial charge is 0.420 e. The van der Waals surface area contributed by atoms with Crippen molar-refractivity contribution in [1.29, 1.82) is 0 Å². The van der Waals surface area contributed by atoms with E-state index in [-0.39, 0.29) is 11.1 Å². The second kappa shape index (κ2) is 6.25. The Bertz CT molecular complexity index is 540. The number of rotatable bonds is 4. The monoisotopic (exact) mass is 354 g/mol. The largest absolute Gasteiger partial charge is 0.495 e. The number of ether oxygens (including phenoxy) is 2. The van der Waals surface area contributed by atoms with Crippen molar-refractivity contribution in [2.45, 2.75) is 13.1 Å². The first kappa shape index (κ1) is 16.5. The number of Topliss-reactive ketones (excluding diaryl/α,β-unsaturated/α-hetero) is 1. The molecule has 1 aromatic rings. The lowest BCUT2D eigenvalue weighted by atomic mass is 10.1. The quantitative estimate of drug-likeness (QED) is 0.473. The van der Waals surface area contributed by atoms with Crippen molar-refractivity contribution in [3.63, 3.8) is 0 Å². The molecule has 0 N–H and O–H groups in total. The maximum Gasteiger partial charge on any atom is 0.420 e. The number of halogens is 4. The molecule has 0 amide bonds. The van der Waals surface area contributed by atoms with Gasteiger partial charge >= 0.3 is 12.1 Å². The van der Waals surface area contributed by atoms with Gasteiger partial charge in [0.2, 0.25) is 0 Å². The third-order valence-electron chi connectivity index (χ3n) is 2.28. The number of ketones is 1. The van der Waals surface area contributed by atoms with Gasteiger partial charge < -0.3 is 9.47 Å². The summed E-state index contributed by atoms with van der Waals surface area (Å²) in [4.78, 5) is 22.9. The highest BCUT2D eigenvalue weighted by atomic mass is 79.9. The SMILES string of the molecule is CCOC(=O)C(=O)c1cc(Br)c(OC)c(C(F)(F)F)c1. The Hall–Kier alpha value is -1.57. The molecular weight excluding hydrogens is 345 g/mol. The molecule has 0 saturated carbocycles. The van der Waals surface area contributed by atoms with Crippen LogP contribution >= 0.6 is 15.9 Å². The third-order valence-corrected chi connectivity index (χ3v) is 2.87. The van der Waals surface area contributed by atoms with E-state index >= 15 is 0 Å². The summed E-state index contributed by atoms with van der Waals surface area (Å²) in [6.07, 6.45) is -4.72. The molecule has 0 aromatic heterocycles. The molecule has 0 fully saturated rings. The number of alkyl halides is 3. The fourth-order valence-electron chi connectivity index (χ4n) is 1.46. The van der Waals surface area contributed by atoms with Crippen LogP contribution in [0.5, 0.6) is 5.75 Å². The van der Waals surface area contributed by atoms with Crippen molar-refractivity contribution < 1.29 is 32.2 Å². The van der Waals surface area contributed by atoms with E-state index in [2.05, 4.69) is 25.4 Å². The highest BCUT2D eigenvalue weighted by molar-refractivity contribution is 9.10. The van der Waals surface area contributed by atoms with E-state index in [1.54, 1.807) is 0 Å². The zero-order valence-corrected chi connectivity index (χ0v) is 12.1. The number of hydrogen-bond donors (Lipinski definition) is 0. The standard InChI is InChI=1S/C12H10BrF3O4/c1-3-20-11(18)9(17)6-4-7(12(14,15)16)10(19-2)8(13)5-6/h4-5H,3H2,1-2H3. The summed E-state index contributed by atoms with van der Waals surface area (Å²) in [6, 6.07) is 1.64. The highest BCUT2D eigenvalue weighted by Gasteiger charge is 2.37. The van der Waals surface area contributed by atoms with E-state index in [0.29, 0.717) is 6.07 Å². The molecule has 0 unspecified atom stereocenters. The van der Waals surface area contributed by atoms with Crippen molar-refractivity contribution in [2.24, 2.45) is 0 Å². The van der Waals surface area contributed by atoms with Crippen molar-refractivity contribution >= 4 is 27.7 Å². The van der Waals surface area contributed by atoms with Crippen LogP contribution in [0.1, 0.15) is 22.8 Å². The zero-order chi connectivity index (χ0) is 15.5. The minimum atomic E-state index is -4.72. The molecule has 20 heavy (non-hydrogen) atoms. The Morgan fingerprint density at radius 2 is 1.90 bits per heavy atom. The Kier molecular flexibility index (Phi) is 5.15. The van der Waals surface area contributed by atoms with E-state index in [4.69, 9.17) is 0 Å². The fraction of sp³-hybridized carbons (Fsp3) is 0.333. The summed E-state index contributed by atoms with van der Waals surface area (Å²) >= 11 is 2.88. The van der Waals surface area contributed by atoms with Gasteiger partial charge in [0.15, 0.2) is 0 Å². The normalized spacial score (nSPS) is 11.1. The van der Waals surface area contributed by atoms with E-state index in [1.807, 2.05) is 0 Å². The molecule has 1 aromatic carbocycles. The van der Waals surface area contributed by atoms with E-state index in [0.717, 1.165) is 13.2 Å². The predicted octanol–water partition coefficient (Wildman–Crippen LogP) is 3.22. The lowest BCUT2D eigenvalue weighted by Crippen LogP contribution is -2.19. The molecule has 110 valence electrons. The Morgan fingerprint density at radius 1 is 1.30 bits per heavy atom. The first-order valence-corrected chi connectivity index (χ1v) is 6.17. The van der Waals surface area contributed by atoms with Crippen LogP contribution in [0.2, 0.25) is 0 Å². The fourth-order valence-corrected chi connectivity index (χ4v) is 2.08. The molecular formula is C12H10BrF3O4. The maximum atomic E-state index is 12.9. The number of carbonyl (C=O) groups excluding carboxylic acids is 2. The summed E-state index contributed by atoms with van der Waals surface area (Å²) < 4.78 is 47.7. The highest BCUT2D eigenvalue weighted by Crippen LogP contribution is 2.41. The Labute approximate surface area is 121 Å². The number of benzene rings is 1. The molecule has 8 heteroatoms. The summed E-state index contributed by atoms with van der Waals surface area (Å²) in [7, 11) is 1.07. The Morgan fingerprint density at radius 3 is 2.35 bits per heavy atom. The van der Waals surface area contributed by atoms with Crippen molar-refractivity contribution in [3.8, 4) is 5.75 Å². The van der Waals surface area contributed by atoms with E-state index in [9.17, 15) is 22.8 Å². The van der Waals surface area contributed by atoms with Gasteiger partial charge in [-0.2, -0.15) is 13.2 Å². The molecule has 0 saturated heterocycles. The molecule has 0 spiro atoms. The van der Waals surface area contributed by atoms with Gasteiger partial charge in [-0.05, 0) is 35.0 Å². The van der Waals surface area contributed by atoms with Gasteiger partial charge in [0.1, 0.15) is 5.75 Å². The van der Waals surface area contributed by atoms with Crippen molar-refractivity contribution in [2.75, 3.05) is 13.7 Å². The predicted molar refractivity (Wildman–Crippen MR) is 66.7 cm³/mol. The average Bonchev–Trinajstić information content (AvgIpc) is 2.36. The van der Waals surface area contributed by atoms with Crippen molar-refractivity contribution in [3.05, 3.63) is 27.7 Å². The van der Waals surface area contributed by atoms with Crippen LogP contribution in [0.4, 0.5) is 13.2 Å². The molecule has 0 aliphatic rings. The van der Waals surface area contributed by atoms with Crippen LogP contribution in [0.15, 0.2) is 16.6 Å². The summed E-state index contributed by atoms with van der Waals surface area (Å²) in [5.41, 5.74) is -1.58. The Balaban J connectivity index is 3.35. The molecule has 0 aliphatic carbocycles. The molecule has 0 aliphatic heterocycles. The van der Waals surface area contributed by atoms with Gasteiger partial charge in [-0.25, -0.2) is 4.79 Å².